The van der Waals surface area contributed by atoms with Crippen molar-refractivity contribution in [2.24, 2.45) is 0 Å². The number of alkyl halides is 1. The van der Waals surface area contributed by atoms with Gasteiger partial charge in [-0.15, -0.1) is 0 Å². The van der Waals surface area contributed by atoms with Crippen molar-refractivity contribution in [2.45, 2.75) is 37.6 Å². The molecule has 4 aromatic rings. The van der Waals surface area contributed by atoms with E-state index in [0.717, 1.165) is 34.9 Å². The maximum atomic E-state index is 11.4. The Balaban J connectivity index is 0.000000162. The number of rotatable bonds is 5. The zero-order valence-corrected chi connectivity index (χ0v) is 29.0. The van der Waals surface area contributed by atoms with E-state index in [0.29, 0.717) is 11.1 Å². The summed E-state index contributed by atoms with van der Waals surface area (Å²) in [5, 5.41) is 0.800. The molecule has 5 nitrogen and oxygen atoms in total. The second-order valence-corrected chi connectivity index (χ2v) is 12.6. The van der Waals surface area contributed by atoms with Crippen LogP contribution in [0, 0.1) is 0 Å². The second-order valence-electron chi connectivity index (χ2n) is 10.2. The number of anilines is 1. The van der Waals surface area contributed by atoms with Crippen molar-refractivity contribution in [3.63, 3.8) is 0 Å². The average Bonchev–Trinajstić information content (AvgIpc) is 3.67. The number of hydrogen-bond donors (Lipinski definition) is 0. The van der Waals surface area contributed by atoms with Gasteiger partial charge in [0.25, 0.3) is 0 Å². The van der Waals surface area contributed by atoms with Gasteiger partial charge >= 0.3 is 11.9 Å². The van der Waals surface area contributed by atoms with Crippen LogP contribution in [0.4, 0.5) is 5.69 Å². The first-order chi connectivity index (χ1) is 20.8. The SMILES string of the molecule is Brc1ccc2c(c1)CCC2.COC(=O)c1ccc(CBr)cc1.COC(=O)c1ccc(CN2CCc3cc(Br)ccc32)cc1. The van der Waals surface area contributed by atoms with E-state index >= 15 is 0 Å². The number of fused-ring (bicyclic) bond motifs is 2. The first-order valence-corrected chi connectivity index (χ1v) is 16.7. The number of nitrogens with zero attached hydrogens (tertiary/aromatic N) is 1. The molecule has 6 rings (SSSR count). The highest BCUT2D eigenvalue weighted by molar-refractivity contribution is 9.10. The van der Waals surface area contributed by atoms with Gasteiger partial charge in [-0.1, -0.05) is 78.1 Å². The van der Waals surface area contributed by atoms with Crippen LogP contribution in [0.3, 0.4) is 0 Å². The van der Waals surface area contributed by atoms with E-state index in [9.17, 15) is 9.59 Å². The molecule has 0 bridgehead atoms. The lowest BCUT2D eigenvalue weighted by atomic mass is 10.1. The molecular formula is C35H34Br3NO4. The van der Waals surface area contributed by atoms with Gasteiger partial charge in [0.1, 0.15) is 0 Å². The number of ether oxygens (including phenoxy) is 2. The van der Waals surface area contributed by atoms with Gasteiger partial charge in [-0.2, -0.15) is 0 Å². The lowest BCUT2D eigenvalue weighted by Crippen LogP contribution is -2.19. The number of halogens is 3. The largest absolute Gasteiger partial charge is 0.465 e. The van der Waals surface area contributed by atoms with Gasteiger partial charge in [0.05, 0.1) is 25.3 Å². The molecule has 0 N–H and O–H groups in total. The van der Waals surface area contributed by atoms with Crippen LogP contribution in [0.1, 0.15) is 55.0 Å². The Labute approximate surface area is 279 Å². The fourth-order valence-corrected chi connectivity index (χ4v) is 6.27. The minimum Gasteiger partial charge on any atom is -0.465 e. The van der Waals surface area contributed by atoms with Crippen LogP contribution in [0.5, 0.6) is 0 Å². The lowest BCUT2D eigenvalue weighted by Gasteiger charge is -2.19. The van der Waals surface area contributed by atoms with Gasteiger partial charge in [-0.05, 0) is 108 Å². The first-order valence-electron chi connectivity index (χ1n) is 14.0. The monoisotopic (exact) mass is 769 g/mol. The number of methoxy groups -OCH3 is 2. The number of carbonyl (C=O) groups is 2. The summed E-state index contributed by atoms with van der Waals surface area (Å²) in [5.74, 6) is -0.589. The number of hydrogen-bond acceptors (Lipinski definition) is 5. The fourth-order valence-electron chi connectivity index (χ4n) is 5.08. The molecule has 0 atom stereocenters. The van der Waals surface area contributed by atoms with Crippen molar-refractivity contribution in [1.29, 1.82) is 0 Å². The Hall–Kier alpha value is -2.94. The molecule has 1 aliphatic heterocycles. The molecule has 43 heavy (non-hydrogen) atoms. The van der Waals surface area contributed by atoms with E-state index < -0.39 is 0 Å². The summed E-state index contributed by atoms with van der Waals surface area (Å²) in [4.78, 5) is 24.8. The molecule has 0 radical (unpaired) electrons. The van der Waals surface area contributed by atoms with Crippen molar-refractivity contribution in [2.75, 3.05) is 25.7 Å². The van der Waals surface area contributed by atoms with Crippen LogP contribution in [-0.4, -0.2) is 32.7 Å². The number of carbonyl (C=O) groups excluding carboxylic acids is 2. The Kier molecular flexibility index (Phi) is 12.4. The van der Waals surface area contributed by atoms with Crippen molar-refractivity contribution in [1.82, 2.24) is 0 Å². The molecule has 0 saturated carbocycles. The molecule has 0 fully saturated rings. The Bertz CT molecular complexity index is 1540. The third kappa shape index (κ3) is 9.27. The van der Waals surface area contributed by atoms with E-state index in [2.05, 4.69) is 93.8 Å². The van der Waals surface area contributed by atoms with Crippen molar-refractivity contribution < 1.29 is 19.1 Å². The maximum Gasteiger partial charge on any atom is 0.337 e. The smallest absolute Gasteiger partial charge is 0.337 e. The standard InChI is InChI=1S/C17H16BrNO2.C9H9BrO2.C9H9Br/c1-21-17(20)13-4-2-12(3-5-13)11-19-9-8-14-10-15(18)6-7-16(14)19;1-12-9(11)8-4-2-7(6-10)3-5-8;10-9-5-4-7-2-1-3-8(7)6-9/h2-7,10H,8-9,11H2,1H3;2-5H,6H2,1H3;4-6H,1-3H2. The summed E-state index contributed by atoms with van der Waals surface area (Å²) in [7, 11) is 2.77. The van der Waals surface area contributed by atoms with Crippen molar-refractivity contribution >= 4 is 65.4 Å². The highest BCUT2D eigenvalue weighted by atomic mass is 79.9. The lowest BCUT2D eigenvalue weighted by molar-refractivity contribution is 0.0592. The molecule has 0 saturated heterocycles. The zero-order chi connectivity index (χ0) is 30.8. The molecule has 0 amide bonds. The van der Waals surface area contributed by atoms with Crippen LogP contribution in [0.25, 0.3) is 0 Å². The van der Waals surface area contributed by atoms with Crippen LogP contribution >= 0.6 is 47.8 Å². The van der Waals surface area contributed by atoms with E-state index in [1.165, 1.54) is 60.3 Å². The van der Waals surface area contributed by atoms with Crippen LogP contribution in [0.2, 0.25) is 0 Å². The van der Waals surface area contributed by atoms with Crippen molar-refractivity contribution in [3.05, 3.63) is 133 Å². The first kappa shape index (κ1) is 33.0. The summed E-state index contributed by atoms with van der Waals surface area (Å²) in [6, 6.07) is 27.9. The highest BCUT2D eigenvalue weighted by Gasteiger charge is 2.19. The van der Waals surface area contributed by atoms with Crippen LogP contribution < -0.4 is 4.90 Å². The maximum absolute atomic E-state index is 11.4. The Morgan fingerprint density at radius 1 is 0.674 bits per heavy atom. The summed E-state index contributed by atoms with van der Waals surface area (Å²) in [6.45, 7) is 1.89. The molecule has 4 aromatic carbocycles. The topological polar surface area (TPSA) is 55.8 Å². The Morgan fingerprint density at radius 3 is 1.79 bits per heavy atom. The number of aryl methyl sites for hydroxylation is 2. The van der Waals surface area contributed by atoms with Gasteiger partial charge in [0.2, 0.25) is 0 Å². The van der Waals surface area contributed by atoms with Gasteiger partial charge in [0.15, 0.2) is 0 Å². The molecule has 0 unspecified atom stereocenters. The summed E-state index contributed by atoms with van der Waals surface area (Å²) < 4.78 is 11.6. The van der Waals surface area contributed by atoms with Gasteiger partial charge < -0.3 is 14.4 Å². The second kappa shape index (κ2) is 16.2. The molecule has 1 aliphatic carbocycles. The minimum atomic E-state index is -0.295. The number of esters is 2. The normalized spacial score (nSPS) is 12.6. The minimum absolute atomic E-state index is 0.294. The zero-order valence-electron chi connectivity index (χ0n) is 24.2. The molecule has 0 spiro atoms. The summed E-state index contributed by atoms with van der Waals surface area (Å²) in [5.41, 5.74) is 9.28. The van der Waals surface area contributed by atoms with Crippen LogP contribution in [0.15, 0.2) is 93.9 Å². The van der Waals surface area contributed by atoms with E-state index in [-0.39, 0.29) is 11.9 Å². The van der Waals surface area contributed by atoms with Gasteiger partial charge in [-0.3, -0.25) is 0 Å². The molecule has 2 aliphatic rings. The van der Waals surface area contributed by atoms with Gasteiger partial charge in [-0.25, -0.2) is 9.59 Å². The quantitative estimate of drug-likeness (QED) is 0.150. The van der Waals surface area contributed by atoms with E-state index in [1.54, 1.807) is 17.7 Å². The number of benzene rings is 4. The van der Waals surface area contributed by atoms with E-state index in [1.807, 2.05) is 36.4 Å². The average molecular weight is 772 g/mol. The molecule has 0 aromatic heterocycles. The fraction of sp³-hybridized carbons (Fsp3) is 0.257. The predicted molar refractivity (Wildman–Crippen MR) is 183 cm³/mol. The highest BCUT2D eigenvalue weighted by Crippen LogP contribution is 2.31. The van der Waals surface area contributed by atoms with Crippen molar-refractivity contribution in [3.8, 4) is 0 Å². The van der Waals surface area contributed by atoms with Crippen LogP contribution in [-0.2, 0) is 40.6 Å². The third-order valence-electron chi connectivity index (χ3n) is 7.37. The molecule has 1 heterocycles. The third-order valence-corrected chi connectivity index (χ3v) is 9.01. The van der Waals surface area contributed by atoms with Gasteiger partial charge in [0, 0.05) is 33.1 Å². The van der Waals surface area contributed by atoms with E-state index in [4.69, 9.17) is 4.74 Å². The Morgan fingerprint density at radius 2 is 1.21 bits per heavy atom. The summed E-state index contributed by atoms with van der Waals surface area (Å²) in [6.07, 6.45) is 4.97. The molecular weight excluding hydrogens is 738 g/mol. The predicted octanol–water partition coefficient (Wildman–Crippen LogP) is 9.10. The summed E-state index contributed by atoms with van der Waals surface area (Å²) >= 11 is 10.3. The molecule has 224 valence electrons. The molecule has 8 heteroatoms.